The van der Waals surface area contributed by atoms with Gasteiger partial charge in [0.2, 0.25) is 0 Å². The highest BCUT2D eigenvalue weighted by Crippen LogP contribution is 2.15. The first-order chi connectivity index (χ1) is 8.68. The molecule has 0 atom stereocenters. The second kappa shape index (κ2) is 5.89. The van der Waals surface area contributed by atoms with E-state index < -0.39 is 29.2 Å². The van der Waals surface area contributed by atoms with Crippen molar-refractivity contribution < 1.29 is 35.3 Å². The Kier molecular flexibility index (Phi) is 4.72. The van der Waals surface area contributed by atoms with E-state index in [1.807, 2.05) is 0 Å². The second-order valence-electron chi connectivity index (χ2n) is 3.14. The lowest BCUT2D eigenvalue weighted by atomic mass is 10.3. The van der Waals surface area contributed by atoms with Crippen molar-refractivity contribution in [2.24, 2.45) is 0 Å². The Bertz CT molecular complexity index is 529. The molecule has 1 amide bonds. The third kappa shape index (κ3) is 6.62. The van der Waals surface area contributed by atoms with E-state index in [0.29, 0.717) is 0 Å². The van der Waals surface area contributed by atoms with E-state index in [4.69, 9.17) is 0 Å². The molecule has 0 heterocycles. The summed E-state index contributed by atoms with van der Waals surface area (Å²) < 4.78 is 66.3. The molecule has 6 nitrogen and oxygen atoms in total. The Labute approximate surface area is 106 Å². The molecular weight excluding hydrogens is 291 g/mol. The van der Waals surface area contributed by atoms with Crippen LogP contribution in [0.15, 0.2) is 30.3 Å². The largest absolute Gasteiger partial charge is 0.428 e. The minimum absolute atomic E-state index is 0.0195. The number of rotatable bonds is 4. The van der Waals surface area contributed by atoms with E-state index in [0.717, 1.165) is 0 Å². The van der Waals surface area contributed by atoms with Crippen LogP contribution in [0.1, 0.15) is 0 Å². The van der Waals surface area contributed by atoms with Crippen LogP contribution >= 0.6 is 0 Å². The summed E-state index contributed by atoms with van der Waals surface area (Å²) in [7, 11) is -4.88. The molecule has 0 aliphatic carbocycles. The van der Waals surface area contributed by atoms with E-state index in [1.54, 1.807) is 6.07 Å². The first kappa shape index (κ1) is 15.2. The number of carbonyl (C=O) groups is 1. The zero-order valence-corrected chi connectivity index (χ0v) is 9.99. The smallest absolute Gasteiger partial charge is 0.410 e. The lowest BCUT2D eigenvalue weighted by molar-refractivity contribution is -0.152. The maximum Gasteiger partial charge on any atom is 0.428 e. The van der Waals surface area contributed by atoms with Crippen LogP contribution in [0.2, 0.25) is 0 Å². The molecule has 10 heteroatoms. The molecule has 0 fully saturated rings. The van der Waals surface area contributed by atoms with Gasteiger partial charge < -0.3 is 4.74 Å². The van der Waals surface area contributed by atoms with Crippen molar-refractivity contribution in [2.45, 2.75) is 6.18 Å². The zero-order valence-electron chi connectivity index (χ0n) is 9.18. The van der Waals surface area contributed by atoms with Gasteiger partial charge >= 0.3 is 22.6 Å². The molecule has 1 N–H and O–H groups in total. The van der Waals surface area contributed by atoms with Gasteiger partial charge in [-0.2, -0.15) is 26.3 Å². The Morgan fingerprint density at radius 2 is 1.79 bits per heavy atom. The Morgan fingerprint density at radius 1 is 1.21 bits per heavy atom. The summed E-state index contributed by atoms with van der Waals surface area (Å²) in [6, 6.07) is 7.34. The number of hydrogen-bond donors (Lipinski definition) is 1. The highest BCUT2D eigenvalue weighted by Gasteiger charge is 2.31. The van der Waals surface area contributed by atoms with Crippen LogP contribution in [-0.4, -0.2) is 27.3 Å². The van der Waals surface area contributed by atoms with E-state index in [-0.39, 0.29) is 5.75 Å². The van der Waals surface area contributed by atoms with Gasteiger partial charge in [-0.3, -0.25) is 0 Å². The molecule has 1 aromatic carbocycles. The highest BCUT2D eigenvalue weighted by molar-refractivity contribution is 7.85. The molecule has 0 saturated carbocycles. The number of amides is 1. The second-order valence-corrected chi connectivity index (χ2v) is 4.48. The van der Waals surface area contributed by atoms with Crippen LogP contribution in [0.4, 0.5) is 18.0 Å². The summed E-state index contributed by atoms with van der Waals surface area (Å²) in [5, 5.41) is 0. The molecule has 19 heavy (non-hydrogen) atoms. The average Bonchev–Trinajstić information content (AvgIpc) is 2.26. The molecule has 0 aliphatic heterocycles. The summed E-state index contributed by atoms with van der Waals surface area (Å²) in [5.74, 6) is 0.0195. The molecular formula is C9H8F3NO5S. The topological polar surface area (TPSA) is 81.7 Å². The first-order valence-electron chi connectivity index (χ1n) is 4.69. The molecule has 1 rings (SSSR count). The molecule has 0 aromatic heterocycles. The van der Waals surface area contributed by atoms with Gasteiger partial charge in [-0.25, -0.2) is 8.98 Å². The van der Waals surface area contributed by atoms with E-state index >= 15 is 0 Å². The van der Waals surface area contributed by atoms with Gasteiger partial charge in [-0.15, -0.1) is 0 Å². The number of benzene rings is 1. The number of para-hydroxylation sites is 1. The monoisotopic (exact) mass is 299 g/mol. The average molecular weight is 299 g/mol. The predicted molar refractivity (Wildman–Crippen MR) is 56.5 cm³/mol. The van der Waals surface area contributed by atoms with Gasteiger partial charge in [0.15, 0.2) is 6.61 Å². The SMILES string of the molecule is O=C(NS(=O)(=O)OCC(F)(F)F)Oc1ccccc1. The third-order valence-electron chi connectivity index (χ3n) is 1.54. The van der Waals surface area contributed by atoms with Crippen LogP contribution in [-0.2, 0) is 14.5 Å². The maximum atomic E-state index is 11.7. The summed E-state index contributed by atoms with van der Waals surface area (Å²) >= 11 is 0. The Balaban J connectivity index is 2.52. The molecule has 0 aliphatic rings. The van der Waals surface area contributed by atoms with Crippen LogP contribution in [0.3, 0.4) is 0 Å². The van der Waals surface area contributed by atoms with Crippen molar-refractivity contribution in [3.63, 3.8) is 0 Å². The minimum atomic E-state index is -4.88. The number of carbonyl (C=O) groups excluding carboxylic acids is 1. The van der Waals surface area contributed by atoms with Crippen molar-refractivity contribution in [2.75, 3.05) is 6.61 Å². The fraction of sp³-hybridized carbons (Fsp3) is 0.222. The zero-order chi connectivity index (χ0) is 14.5. The predicted octanol–water partition coefficient (Wildman–Crippen LogP) is 1.60. The Morgan fingerprint density at radius 3 is 2.32 bits per heavy atom. The van der Waals surface area contributed by atoms with Crippen molar-refractivity contribution in [3.05, 3.63) is 30.3 Å². The first-order valence-corrected chi connectivity index (χ1v) is 6.09. The lowest BCUT2D eigenvalue weighted by Crippen LogP contribution is -2.36. The molecule has 0 saturated heterocycles. The summed E-state index contributed by atoms with van der Waals surface area (Å²) in [6.45, 7) is -2.04. The van der Waals surface area contributed by atoms with E-state index in [1.165, 1.54) is 29.0 Å². The summed E-state index contributed by atoms with van der Waals surface area (Å²) in [6.07, 6.45) is -6.31. The van der Waals surface area contributed by atoms with Gasteiger partial charge in [-0.05, 0) is 12.1 Å². The van der Waals surface area contributed by atoms with Gasteiger partial charge in [0.25, 0.3) is 0 Å². The number of halogens is 3. The van der Waals surface area contributed by atoms with Crippen LogP contribution in [0, 0.1) is 0 Å². The standard InChI is InChI=1S/C9H8F3NO5S/c10-9(11,12)6-17-19(15,16)13-8(14)18-7-4-2-1-3-5-7/h1-5H,6H2,(H,13,14). The van der Waals surface area contributed by atoms with Gasteiger partial charge in [0.05, 0.1) is 0 Å². The summed E-state index contributed by atoms with van der Waals surface area (Å²) in [4.78, 5) is 11.1. The molecule has 0 spiro atoms. The van der Waals surface area contributed by atoms with E-state index in [2.05, 4.69) is 8.92 Å². The lowest BCUT2D eigenvalue weighted by Gasteiger charge is -2.09. The van der Waals surface area contributed by atoms with E-state index in [9.17, 15) is 26.4 Å². The van der Waals surface area contributed by atoms with Gasteiger partial charge in [0.1, 0.15) is 5.75 Å². The minimum Gasteiger partial charge on any atom is -0.410 e. The molecule has 0 radical (unpaired) electrons. The normalized spacial score (nSPS) is 11.9. The summed E-state index contributed by atoms with van der Waals surface area (Å²) in [5.41, 5.74) is 0. The number of nitrogens with one attached hydrogen (secondary N) is 1. The fourth-order valence-electron chi connectivity index (χ4n) is 0.892. The van der Waals surface area contributed by atoms with Gasteiger partial charge in [0, 0.05) is 0 Å². The van der Waals surface area contributed by atoms with Crippen LogP contribution in [0.5, 0.6) is 5.75 Å². The molecule has 106 valence electrons. The number of ether oxygens (including phenoxy) is 1. The van der Waals surface area contributed by atoms with Gasteiger partial charge in [-0.1, -0.05) is 18.2 Å². The molecule has 0 bridgehead atoms. The van der Waals surface area contributed by atoms with Crippen molar-refractivity contribution >= 4 is 16.4 Å². The molecule has 1 aromatic rings. The third-order valence-corrected chi connectivity index (χ3v) is 2.38. The Hall–Kier alpha value is -1.81. The maximum absolute atomic E-state index is 11.7. The van der Waals surface area contributed by atoms with Crippen molar-refractivity contribution in [1.29, 1.82) is 0 Å². The van der Waals surface area contributed by atoms with Crippen molar-refractivity contribution in [1.82, 2.24) is 4.72 Å². The van der Waals surface area contributed by atoms with Crippen LogP contribution in [0.25, 0.3) is 0 Å². The number of alkyl halides is 3. The van der Waals surface area contributed by atoms with Crippen molar-refractivity contribution in [3.8, 4) is 5.75 Å². The molecule has 0 unspecified atom stereocenters. The number of hydrogen-bond acceptors (Lipinski definition) is 5. The van der Waals surface area contributed by atoms with Crippen LogP contribution < -0.4 is 9.46 Å². The fourth-order valence-corrected chi connectivity index (χ4v) is 1.49. The highest BCUT2D eigenvalue weighted by atomic mass is 32.2. The quantitative estimate of drug-likeness (QED) is 0.913.